The minimum Gasteiger partial charge on any atom is -0.328 e. The van der Waals surface area contributed by atoms with E-state index < -0.39 is 23.7 Å². The number of hydrogen-bond donors (Lipinski definition) is 1. The summed E-state index contributed by atoms with van der Waals surface area (Å²) in [7, 11) is 0. The summed E-state index contributed by atoms with van der Waals surface area (Å²) in [6.45, 7) is 2.37. The molecule has 6 nitrogen and oxygen atoms in total. The van der Waals surface area contributed by atoms with Gasteiger partial charge in [0.25, 0.3) is 0 Å². The molecule has 0 unspecified atom stereocenters. The third-order valence-corrected chi connectivity index (χ3v) is 4.86. The molecule has 11 heteroatoms. The summed E-state index contributed by atoms with van der Waals surface area (Å²) in [6.07, 6.45) is -3.36. The van der Waals surface area contributed by atoms with Crippen LogP contribution in [0.3, 0.4) is 0 Å². The molecule has 0 atom stereocenters. The molecule has 1 amide bonds. The second-order valence-electron chi connectivity index (χ2n) is 6.93. The van der Waals surface area contributed by atoms with Crippen molar-refractivity contribution < 1.29 is 26.7 Å². The lowest BCUT2D eigenvalue weighted by Gasteiger charge is -2.10. The predicted octanol–water partition coefficient (Wildman–Crippen LogP) is 4.61. The Bertz CT molecular complexity index is 1310. The molecule has 0 aliphatic carbocycles. The van der Waals surface area contributed by atoms with Gasteiger partial charge in [0.15, 0.2) is 0 Å². The minimum absolute atomic E-state index is 0.0426. The van der Waals surface area contributed by atoms with Gasteiger partial charge >= 0.3 is 12.1 Å². The van der Waals surface area contributed by atoms with Crippen molar-refractivity contribution in [3.63, 3.8) is 0 Å². The Hall–Kier alpha value is -3.76. The van der Waals surface area contributed by atoms with Crippen LogP contribution in [0.4, 0.5) is 27.6 Å². The van der Waals surface area contributed by atoms with Crippen LogP contribution >= 0.6 is 0 Å². The Labute approximate surface area is 178 Å². The molecular formula is C21H16F5N5O. The number of fused-ring (bicyclic) bond motifs is 1. The lowest BCUT2D eigenvalue weighted by atomic mass is 10.2. The first kappa shape index (κ1) is 21.5. The summed E-state index contributed by atoms with van der Waals surface area (Å²) in [5.41, 5.74) is 1.46. The highest BCUT2D eigenvalue weighted by atomic mass is 19.4. The van der Waals surface area contributed by atoms with E-state index in [2.05, 4.69) is 10.1 Å². The first-order valence-electron chi connectivity index (χ1n) is 9.53. The smallest absolute Gasteiger partial charge is 0.328 e. The Kier molecular flexibility index (Phi) is 5.41. The maximum atomic E-state index is 14.2. The first-order chi connectivity index (χ1) is 15.2. The van der Waals surface area contributed by atoms with Crippen molar-refractivity contribution in [1.29, 1.82) is 0 Å². The number of aryl methyl sites for hydroxylation is 1. The molecule has 4 aromatic rings. The van der Waals surface area contributed by atoms with E-state index in [0.717, 1.165) is 18.2 Å². The van der Waals surface area contributed by atoms with Gasteiger partial charge in [0.1, 0.15) is 23.1 Å². The van der Waals surface area contributed by atoms with E-state index in [-0.39, 0.29) is 17.8 Å². The lowest BCUT2D eigenvalue weighted by molar-refractivity contribution is -0.167. The fourth-order valence-corrected chi connectivity index (χ4v) is 3.44. The number of benzene rings is 2. The zero-order valence-electron chi connectivity index (χ0n) is 16.6. The van der Waals surface area contributed by atoms with Gasteiger partial charge in [-0.2, -0.15) is 18.3 Å². The van der Waals surface area contributed by atoms with Crippen molar-refractivity contribution in [2.45, 2.75) is 26.1 Å². The van der Waals surface area contributed by atoms with Crippen LogP contribution in [0.15, 0.2) is 48.7 Å². The second-order valence-corrected chi connectivity index (χ2v) is 6.93. The SMILES string of the molecule is CCn1c(Cc2ccnn2-c2cc(F)ccc2F)nc2cc(NC(=O)C(F)(F)F)ccc21. The molecule has 2 aromatic heterocycles. The van der Waals surface area contributed by atoms with E-state index in [0.29, 0.717) is 29.1 Å². The summed E-state index contributed by atoms with van der Waals surface area (Å²) >= 11 is 0. The number of anilines is 1. The number of carbonyl (C=O) groups is 1. The second kappa shape index (κ2) is 8.06. The van der Waals surface area contributed by atoms with Gasteiger partial charge in [0.2, 0.25) is 0 Å². The van der Waals surface area contributed by atoms with Gasteiger partial charge in [-0.3, -0.25) is 4.79 Å². The lowest BCUT2D eigenvalue weighted by Crippen LogP contribution is -2.29. The van der Waals surface area contributed by atoms with Gasteiger partial charge in [-0.05, 0) is 43.3 Å². The van der Waals surface area contributed by atoms with Crippen LogP contribution in [0.2, 0.25) is 0 Å². The molecular weight excluding hydrogens is 433 g/mol. The Morgan fingerprint density at radius 1 is 1.09 bits per heavy atom. The Balaban J connectivity index is 1.69. The maximum absolute atomic E-state index is 14.2. The molecule has 0 saturated heterocycles. The Morgan fingerprint density at radius 3 is 2.59 bits per heavy atom. The Morgan fingerprint density at radius 2 is 1.88 bits per heavy atom. The van der Waals surface area contributed by atoms with Gasteiger partial charge in [-0.15, -0.1) is 0 Å². The molecule has 32 heavy (non-hydrogen) atoms. The van der Waals surface area contributed by atoms with Gasteiger partial charge in [-0.1, -0.05) is 0 Å². The van der Waals surface area contributed by atoms with Crippen molar-refractivity contribution in [3.05, 3.63) is 71.8 Å². The third kappa shape index (κ3) is 4.05. The average molecular weight is 449 g/mol. The molecule has 0 spiro atoms. The molecule has 0 aliphatic rings. The summed E-state index contributed by atoms with van der Waals surface area (Å²) < 4.78 is 68.5. The highest BCUT2D eigenvalue weighted by molar-refractivity contribution is 5.96. The number of nitrogens with one attached hydrogen (secondary N) is 1. The first-order valence-corrected chi connectivity index (χ1v) is 9.53. The topological polar surface area (TPSA) is 64.7 Å². The van der Waals surface area contributed by atoms with E-state index in [1.54, 1.807) is 17.4 Å². The van der Waals surface area contributed by atoms with E-state index >= 15 is 0 Å². The van der Waals surface area contributed by atoms with Crippen molar-refractivity contribution in [3.8, 4) is 5.69 Å². The fraction of sp³-hybridized carbons (Fsp3) is 0.190. The van der Waals surface area contributed by atoms with Gasteiger partial charge in [0.05, 0.1) is 16.7 Å². The van der Waals surface area contributed by atoms with Crippen LogP contribution in [0.1, 0.15) is 18.4 Å². The van der Waals surface area contributed by atoms with Crippen LogP contribution < -0.4 is 5.32 Å². The van der Waals surface area contributed by atoms with Crippen molar-refractivity contribution in [2.24, 2.45) is 0 Å². The third-order valence-electron chi connectivity index (χ3n) is 4.86. The average Bonchev–Trinajstić information content (AvgIpc) is 3.32. The van der Waals surface area contributed by atoms with Crippen LogP contribution in [0.25, 0.3) is 16.7 Å². The quantitative estimate of drug-likeness (QED) is 0.453. The molecule has 0 bridgehead atoms. The number of rotatable bonds is 5. The number of carbonyl (C=O) groups excluding carboxylic acids is 1. The summed E-state index contributed by atoms with van der Waals surface area (Å²) in [4.78, 5) is 15.7. The predicted molar refractivity (Wildman–Crippen MR) is 106 cm³/mol. The number of aromatic nitrogens is 4. The highest BCUT2D eigenvalue weighted by Gasteiger charge is 2.38. The normalized spacial score (nSPS) is 11.8. The van der Waals surface area contributed by atoms with Crippen LogP contribution in [0.5, 0.6) is 0 Å². The van der Waals surface area contributed by atoms with Crippen molar-refractivity contribution >= 4 is 22.6 Å². The molecule has 1 N–H and O–H groups in total. The number of amides is 1. The molecule has 2 heterocycles. The number of alkyl halides is 3. The van der Waals surface area contributed by atoms with Gasteiger partial charge < -0.3 is 9.88 Å². The highest BCUT2D eigenvalue weighted by Crippen LogP contribution is 2.25. The summed E-state index contributed by atoms with van der Waals surface area (Å²) in [5, 5.41) is 5.89. The van der Waals surface area contributed by atoms with Crippen molar-refractivity contribution in [2.75, 3.05) is 5.32 Å². The van der Waals surface area contributed by atoms with Gasteiger partial charge in [0, 0.05) is 30.9 Å². The molecule has 0 saturated carbocycles. The number of imidazole rings is 1. The van der Waals surface area contributed by atoms with Crippen LogP contribution in [0, 0.1) is 11.6 Å². The summed E-state index contributed by atoms with van der Waals surface area (Å²) in [6, 6.07) is 8.95. The molecule has 0 radical (unpaired) electrons. The molecule has 166 valence electrons. The van der Waals surface area contributed by atoms with E-state index in [9.17, 15) is 26.7 Å². The van der Waals surface area contributed by atoms with Crippen LogP contribution in [-0.4, -0.2) is 31.4 Å². The zero-order chi connectivity index (χ0) is 23.0. The van der Waals surface area contributed by atoms with Crippen molar-refractivity contribution in [1.82, 2.24) is 19.3 Å². The minimum atomic E-state index is -5.01. The molecule has 0 aliphatic heterocycles. The van der Waals surface area contributed by atoms with E-state index in [1.807, 2.05) is 11.5 Å². The maximum Gasteiger partial charge on any atom is 0.471 e. The number of hydrogen-bond acceptors (Lipinski definition) is 3. The summed E-state index contributed by atoms with van der Waals surface area (Å²) in [5.74, 6) is -2.80. The van der Waals surface area contributed by atoms with Crippen LogP contribution in [-0.2, 0) is 17.8 Å². The number of nitrogens with zero attached hydrogens (tertiary/aromatic N) is 4. The van der Waals surface area contributed by atoms with E-state index in [4.69, 9.17) is 0 Å². The molecule has 0 fully saturated rings. The largest absolute Gasteiger partial charge is 0.471 e. The van der Waals surface area contributed by atoms with E-state index in [1.165, 1.54) is 23.0 Å². The zero-order valence-corrected chi connectivity index (χ0v) is 16.6. The molecule has 2 aromatic carbocycles. The van der Waals surface area contributed by atoms with Gasteiger partial charge in [-0.25, -0.2) is 18.4 Å². The standard InChI is InChI=1S/C21H16F5N5O/c1-2-30-17-6-4-13(28-20(32)21(24,25)26)10-16(17)29-19(30)11-14-7-8-27-31(14)18-9-12(22)3-5-15(18)23/h3-10H,2,11H2,1H3,(H,28,32). The number of halogens is 5. The molecule has 4 rings (SSSR count). The fourth-order valence-electron chi connectivity index (χ4n) is 3.44. The monoisotopic (exact) mass is 449 g/mol.